The van der Waals surface area contributed by atoms with Crippen LogP contribution in [0.15, 0.2) is 0 Å². The molecule has 2 bridgehead atoms. The highest BCUT2D eigenvalue weighted by Crippen LogP contribution is 2.41. The molecule has 0 spiro atoms. The maximum absolute atomic E-state index is 2.69. The van der Waals surface area contributed by atoms with Gasteiger partial charge in [-0.15, -0.1) is 0 Å². The van der Waals surface area contributed by atoms with Crippen LogP contribution < -0.4 is 0 Å². The third-order valence-electron chi connectivity index (χ3n) is 4.95. The highest BCUT2D eigenvalue weighted by atomic mass is 15.2. The minimum absolute atomic E-state index is 0.527. The highest BCUT2D eigenvalue weighted by Gasteiger charge is 2.41. The predicted octanol–water partition coefficient (Wildman–Crippen LogP) is 2.45. The fourth-order valence-electron chi connectivity index (χ4n) is 3.45. The van der Waals surface area contributed by atoms with Crippen molar-refractivity contribution in [3.8, 4) is 0 Å². The Morgan fingerprint density at radius 2 is 1.88 bits per heavy atom. The summed E-state index contributed by atoms with van der Waals surface area (Å²) in [5, 5.41) is 0. The maximum atomic E-state index is 2.69. The van der Waals surface area contributed by atoms with Gasteiger partial charge in [-0.1, -0.05) is 13.8 Å². The molecule has 2 aliphatic rings. The molecule has 0 aromatic carbocycles. The number of hydrogen-bond donors (Lipinski definition) is 0. The molecule has 16 heavy (non-hydrogen) atoms. The van der Waals surface area contributed by atoms with Crippen molar-refractivity contribution in [3.63, 3.8) is 0 Å². The Labute approximate surface area is 101 Å². The van der Waals surface area contributed by atoms with Gasteiger partial charge in [0.1, 0.15) is 0 Å². The lowest BCUT2D eigenvalue weighted by Gasteiger charge is -2.36. The third-order valence-corrected chi connectivity index (χ3v) is 4.95. The second-order valence-corrected chi connectivity index (χ2v) is 6.86. The van der Waals surface area contributed by atoms with E-state index in [4.69, 9.17) is 0 Å². The van der Waals surface area contributed by atoms with Crippen molar-refractivity contribution < 1.29 is 0 Å². The molecule has 94 valence electrons. The summed E-state index contributed by atoms with van der Waals surface area (Å²) >= 11 is 0. The van der Waals surface area contributed by atoms with Crippen LogP contribution in [0.5, 0.6) is 0 Å². The third kappa shape index (κ3) is 2.28. The molecule has 0 amide bonds. The van der Waals surface area contributed by atoms with Crippen molar-refractivity contribution in [1.29, 1.82) is 0 Å². The van der Waals surface area contributed by atoms with Crippen LogP contribution in [-0.4, -0.2) is 48.6 Å². The average Bonchev–Trinajstić information content (AvgIpc) is 2.35. The molecular weight excluding hydrogens is 196 g/mol. The number of rotatable bonds is 1. The van der Waals surface area contributed by atoms with Crippen LogP contribution in [0.25, 0.3) is 0 Å². The van der Waals surface area contributed by atoms with E-state index in [1.807, 2.05) is 0 Å². The normalized spacial score (nSPS) is 36.4. The van der Waals surface area contributed by atoms with Crippen LogP contribution in [-0.2, 0) is 0 Å². The topological polar surface area (TPSA) is 6.48 Å². The van der Waals surface area contributed by atoms with Gasteiger partial charge in [-0.05, 0) is 51.6 Å². The zero-order chi connectivity index (χ0) is 11.9. The lowest BCUT2D eigenvalue weighted by molar-refractivity contribution is 0.111. The largest absolute Gasteiger partial charge is 0.302 e. The van der Waals surface area contributed by atoms with Crippen LogP contribution in [0, 0.1) is 11.3 Å². The zero-order valence-corrected chi connectivity index (χ0v) is 11.7. The van der Waals surface area contributed by atoms with Gasteiger partial charge in [0.05, 0.1) is 0 Å². The molecule has 2 fully saturated rings. The average molecular weight is 224 g/mol. The van der Waals surface area contributed by atoms with Gasteiger partial charge in [0.2, 0.25) is 0 Å². The molecule has 2 heterocycles. The quantitative estimate of drug-likeness (QED) is 0.675. The van der Waals surface area contributed by atoms with Crippen LogP contribution in [0.2, 0.25) is 0 Å². The molecule has 0 saturated carbocycles. The van der Waals surface area contributed by atoms with E-state index in [2.05, 4.69) is 44.5 Å². The number of fused-ring (bicyclic) bond motifs is 3. The van der Waals surface area contributed by atoms with E-state index in [9.17, 15) is 0 Å². The summed E-state index contributed by atoms with van der Waals surface area (Å²) in [5.74, 6) is 0.879. The van der Waals surface area contributed by atoms with Gasteiger partial charge in [0.15, 0.2) is 0 Å². The SMILES string of the molecule is CC(C)N1CC2CCN(C)[C@H](C1)CC2(C)C. The van der Waals surface area contributed by atoms with Gasteiger partial charge < -0.3 is 4.90 Å². The van der Waals surface area contributed by atoms with E-state index in [0.717, 1.165) is 12.0 Å². The predicted molar refractivity (Wildman–Crippen MR) is 69.6 cm³/mol. The molecule has 0 aliphatic carbocycles. The molecule has 0 aromatic rings. The fraction of sp³-hybridized carbons (Fsp3) is 1.00. The van der Waals surface area contributed by atoms with E-state index in [-0.39, 0.29) is 0 Å². The summed E-state index contributed by atoms with van der Waals surface area (Å²) in [6, 6.07) is 1.47. The fourth-order valence-corrected chi connectivity index (χ4v) is 3.45. The molecule has 2 rings (SSSR count). The van der Waals surface area contributed by atoms with Crippen molar-refractivity contribution in [2.45, 2.75) is 52.6 Å². The van der Waals surface area contributed by atoms with Crippen molar-refractivity contribution in [1.82, 2.24) is 9.80 Å². The minimum atomic E-state index is 0.527. The van der Waals surface area contributed by atoms with Crippen molar-refractivity contribution in [3.05, 3.63) is 0 Å². The van der Waals surface area contributed by atoms with Gasteiger partial charge in [0.25, 0.3) is 0 Å². The second-order valence-electron chi connectivity index (χ2n) is 6.86. The Morgan fingerprint density at radius 3 is 2.50 bits per heavy atom. The Balaban J connectivity index is 2.23. The van der Waals surface area contributed by atoms with E-state index in [1.54, 1.807) is 0 Å². The summed E-state index contributed by atoms with van der Waals surface area (Å²) in [6.45, 7) is 13.5. The smallest absolute Gasteiger partial charge is 0.0225 e. The molecule has 2 heteroatoms. The van der Waals surface area contributed by atoms with E-state index >= 15 is 0 Å². The summed E-state index contributed by atoms with van der Waals surface area (Å²) in [5.41, 5.74) is 0.527. The molecule has 0 aromatic heterocycles. The Bertz CT molecular complexity index is 247. The molecule has 0 radical (unpaired) electrons. The number of likely N-dealkylation sites (N-methyl/N-ethyl adjacent to an activating group) is 1. The van der Waals surface area contributed by atoms with Crippen molar-refractivity contribution in [2.75, 3.05) is 26.7 Å². The monoisotopic (exact) mass is 224 g/mol. The summed E-state index contributed by atoms with van der Waals surface area (Å²) in [7, 11) is 2.31. The molecule has 0 N–H and O–H groups in total. The lowest BCUT2D eigenvalue weighted by Crippen LogP contribution is -2.46. The first-order valence-electron chi connectivity index (χ1n) is 6.84. The molecule has 2 aliphatic heterocycles. The lowest BCUT2D eigenvalue weighted by atomic mass is 9.75. The van der Waals surface area contributed by atoms with Gasteiger partial charge >= 0.3 is 0 Å². The minimum Gasteiger partial charge on any atom is -0.302 e. The molecule has 1 unspecified atom stereocenters. The second kappa shape index (κ2) is 4.30. The molecular formula is C14H28N2. The first kappa shape index (κ1) is 12.4. The van der Waals surface area contributed by atoms with Crippen LogP contribution in [0.4, 0.5) is 0 Å². The van der Waals surface area contributed by atoms with Crippen LogP contribution >= 0.6 is 0 Å². The number of likely N-dealkylation sites (tertiary alicyclic amines) is 2. The summed E-state index contributed by atoms with van der Waals surface area (Å²) < 4.78 is 0. The van der Waals surface area contributed by atoms with Crippen LogP contribution in [0.3, 0.4) is 0 Å². The zero-order valence-electron chi connectivity index (χ0n) is 11.7. The van der Waals surface area contributed by atoms with E-state index in [1.165, 1.54) is 32.5 Å². The summed E-state index contributed by atoms with van der Waals surface area (Å²) in [6.07, 6.45) is 2.75. The first-order chi connectivity index (χ1) is 7.40. The van der Waals surface area contributed by atoms with Gasteiger partial charge in [-0.2, -0.15) is 0 Å². The summed E-state index contributed by atoms with van der Waals surface area (Å²) in [4.78, 5) is 5.29. The van der Waals surface area contributed by atoms with Gasteiger partial charge in [-0.25, -0.2) is 0 Å². The molecule has 2 atom stereocenters. The Kier molecular flexibility index (Phi) is 3.33. The standard InChI is InChI=1S/C14H28N2/c1-11(2)16-9-12-6-7-15(5)13(10-16)8-14(12,3)4/h11-13H,6-10H2,1-5H3/t12?,13-/m0/s1. The number of hydrogen-bond acceptors (Lipinski definition) is 2. The highest BCUT2D eigenvalue weighted by molar-refractivity contribution is 4.95. The van der Waals surface area contributed by atoms with Gasteiger partial charge in [0, 0.05) is 25.2 Å². The van der Waals surface area contributed by atoms with E-state index < -0.39 is 0 Å². The van der Waals surface area contributed by atoms with Crippen LogP contribution in [0.1, 0.15) is 40.5 Å². The van der Waals surface area contributed by atoms with Crippen molar-refractivity contribution in [2.24, 2.45) is 11.3 Å². The maximum Gasteiger partial charge on any atom is 0.0225 e. The molecule has 2 saturated heterocycles. The first-order valence-corrected chi connectivity index (χ1v) is 6.84. The molecule has 2 nitrogen and oxygen atoms in total. The number of nitrogens with zero attached hydrogens (tertiary/aromatic N) is 2. The Hall–Kier alpha value is -0.0800. The Morgan fingerprint density at radius 1 is 1.19 bits per heavy atom. The van der Waals surface area contributed by atoms with E-state index in [0.29, 0.717) is 11.5 Å². The van der Waals surface area contributed by atoms with Crippen molar-refractivity contribution >= 4 is 0 Å². The van der Waals surface area contributed by atoms with Gasteiger partial charge in [-0.3, -0.25) is 4.90 Å².